The molecule has 0 fully saturated rings. The number of nitrogens with one attached hydrogen (secondary N) is 1. The highest BCUT2D eigenvalue weighted by Crippen LogP contribution is 2.20. The highest BCUT2D eigenvalue weighted by molar-refractivity contribution is 14.1. The van der Waals surface area contributed by atoms with Crippen molar-refractivity contribution in [3.8, 4) is 5.75 Å². The average molecular weight is 365 g/mol. The molecular formula is C12H16INO4. The highest BCUT2D eigenvalue weighted by atomic mass is 127. The first kappa shape index (κ1) is 15.2. The van der Waals surface area contributed by atoms with E-state index in [1.54, 1.807) is 12.1 Å². The number of halogens is 1. The molecule has 0 saturated carbocycles. The lowest BCUT2D eigenvalue weighted by molar-refractivity contribution is 0.0867. The standard InChI is InChI=1S/C12H16INO4/c13-10-3-2-9(8-11(10)16)12(17)14-4-1-6-18-7-5-15/h2-3,8,15-16H,1,4-7H2,(H,14,17). The second kappa shape index (κ2) is 8.28. The number of hydrogen-bond acceptors (Lipinski definition) is 4. The van der Waals surface area contributed by atoms with Gasteiger partial charge in [0, 0.05) is 18.7 Å². The zero-order chi connectivity index (χ0) is 13.4. The van der Waals surface area contributed by atoms with E-state index in [0.717, 1.165) is 0 Å². The van der Waals surface area contributed by atoms with E-state index in [4.69, 9.17) is 9.84 Å². The van der Waals surface area contributed by atoms with Crippen molar-refractivity contribution in [1.29, 1.82) is 0 Å². The molecule has 0 aliphatic heterocycles. The van der Waals surface area contributed by atoms with Crippen molar-refractivity contribution in [2.75, 3.05) is 26.4 Å². The Balaban J connectivity index is 2.30. The summed E-state index contributed by atoms with van der Waals surface area (Å²) in [6.07, 6.45) is 0.683. The summed E-state index contributed by atoms with van der Waals surface area (Å²) in [4.78, 5) is 11.7. The van der Waals surface area contributed by atoms with Gasteiger partial charge in [-0.3, -0.25) is 4.79 Å². The van der Waals surface area contributed by atoms with Crippen LogP contribution in [0.15, 0.2) is 18.2 Å². The number of phenolic OH excluding ortho intramolecular Hbond substituents is 1. The van der Waals surface area contributed by atoms with E-state index in [2.05, 4.69) is 5.32 Å². The quantitative estimate of drug-likeness (QED) is 0.500. The molecule has 0 atom stereocenters. The zero-order valence-corrected chi connectivity index (χ0v) is 12.0. The van der Waals surface area contributed by atoms with Gasteiger partial charge in [-0.25, -0.2) is 0 Å². The number of amides is 1. The number of aromatic hydroxyl groups is 1. The Morgan fingerprint density at radius 1 is 1.39 bits per heavy atom. The van der Waals surface area contributed by atoms with Crippen LogP contribution in [0.25, 0.3) is 0 Å². The smallest absolute Gasteiger partial charge is 0.251 e. The summed E-state index contributed by atoms with van der Waals surface area (Å²) in [6, 6.07) is 4.80. The molecular weight excluding hydrogens is 349 g/mol. The van der Waals surface area contributed by atoms with Gasteiger partial charge in [-0.05, 0) is 47.2 Å². The Hall–Kier alpha value is -0.860. The average Bonchev–Trinajstić information content (AvgIpc) is 2.36. The molecule has 18 heavy (non-hydrogen) atoms. The molecule has 1 aromatic rings. The minimum Gasteiger partial charge on any atom is -0.507 e. The van der Waals surface area contributed by atoms with Crippen LogP contribution in [0.1, 0.15) is 16.8 Å². The Kier molecular flexibility index (Phi) is 6.99. The molecule has 0 heterocycles. The van der Waals surface area contributed by atoms with Crippen LogP contribution in [-0.4, -0.2) is 42.5 Å². The lowest BCUT2D eigenvalue weighted by Gasteiger charge is -2.06. The molecule has 1 aromatic carbocycles. The summed E-state index contributed by atoms with van der Waals surface area (Å²) < 4.78 is 5.77. The lowest BCUT2D eigenvalue weighted by Crippen LogP contribution is -2.25. The van der Waals surface area contributed by atoms with Crippen LogP contribution in [0.2, 0.25) is 0 Å². The second-order valence-corrected chi connectivity index (χ2v) is 4.77. The molecule has 0 aliphatic rings. The van der Waals surface area contributed by atoms with Crippen LogP contribution in [-0.2, 0) is 4.74 Å². The Labute approximate surface area is 119 Å². The third-order valence-electron chi connectivity index (χ3n) is 2.19. The number of benzene rings is 1. The fourth-order valence-electron chi connectivity index (χ4n) is 1.30. The Bertz CT molecular complexity index is 398. The lowest BCUT2D eigenvalue weighted by atomic mass is 10.2. The topological polar surface area (TPSA) is 78.8 Å². The molecule has 0 aliphatic carbocycles. The number of hydrogen-bond donors (Lipinski definition) is 3. The monoisotopic (exact) mass is 365 g/mol. The van der Waals surface area contributed by atoms with E-state index in [1.165, 1.54) is 6.07 Å². The number of carbonyl (C=O) groups is 1. The first-order chi connectivity index (χ1) is 8.65. The van der Waals surface area contributed by atoms with E-state index >= 15 is 0 Å². The fourth-order valence-corrected chi connectivity index (χ4v) is 1.63. The number of aliphatic hydroxyl groups is 1. The summed E-state index contributed by atoms with van der Waals surface area (Å²) in [7, 11) is 0. The van der Waals surface area contributed by atoms with Crippen LogP contribution in [0.3, 0.4) is 0 Å². The Morgan fingerprint density at radius 3 is 2.83 bits per heavy atom. The Morgan fingerprint density at radius 2 is 2.17 bits per heavy atom. The third kappa shape index (κ3) is 5.19. The van der Waals surface area contributed by atoms with E-state index < -0.39 is 0 Å². The van der Waals surface area contributed by atoms with Gasteiger partial charge in [-0.2, -0.15) is 0 Å². The number of phenols is 1. The van der Waals surface area contributed by atoms with Crippen molar-refractivity contribution < 1.29 is 19.7 Å². The van der Waals surface area contributed by atoms with E-state index in [9.17, 15) is 9.90 Å². The van der Waals surface area contributed by atoms with Gasteiger partial charge in [0.15, 0.2) is 0 Å². The second-order valence-electron chi connectivity index (χ2n) is 3.61. The van der Waals surface area contributed by atoms with Gasteiger partial charge >= 0.3 is 0 Å². The fraction of sp³-hybridized carbons (Fsp3) is 0.417. The largest absolute Gasteiger partial charge is 0.507 e. The number of rotatable bonds is 7. The summed E-state index contributed by atoms with van der Waals surface area (Å²) in [5.41, 5.74) is 0.434. The van der Waals surface area contributed by atoms with E-state index in [0.29, 0.717) is 35.3 Å². The minimum absolute atomic E-state index is 0.00822. The van der Waals surface area contributed by atoms with E-state index in [-0.39, 0.29) is 18.3 Å². The van der Waals surface area contributed by atoms with Crippen LogP contribution >= 0.6 is 22.6 Å². The van der Waals surface area contributed by atoms with Gasteiger partial charge in [0.2, 0.25) is 0 Å². The van der Waals surface area contributed by atoms with Gasteiger partial charge < -0.3 is 20.3 Å². The predicted molar refractivity (Wildman–Crippen MR) is 75.7 cm³/mol. The molecule has 0 bridgehead atoms. The molecule has 0 spiro atoms. The molecule has 0 saturated heterocycles. The molecule has 1 amide bonds. The summed E-state index contributed by atoms with van der Waals surface area (Å²) in [6.45, 7) is 1.32. The van der Waals surface area contributed by atoms with Crippen LogP contribution in [0, 0.1) is 3.57 Å². The SMILES string of the molecule is O=C(NCCCOCCO)c1ccc(I)c(O)c1. The van der Waals surface area contributed by atoms with Gasteiger partial charge in [-0.1, -0.05) is 0 Å². The molecule has 100 valence electrons. The van der Waals surface area contributed by atoms with Crippen molar-refractivity contribution >= 4 is 28.5 Å². The molecule has 0 radical (unpaired) electrons. The number of aliphatic hydroxyl groups excluding tert-OH is 1. The summed E-state index contributed by atoms with van der Waals surface area (Å²) in [5, 5.41) is 20.7. The van der Waals surface area contributed by atoms with Gasteiger partial charge in [0.05, 0.1) is 16.8 Å². The summed E-state index contributed by atoms with van der Waals surface area (Å²) in [5.74, 6) is -0.113. The van der Waals surface area contributed by atoms with Crippen LogP contribution in [0.5, 0.6) is 5.75 Å². The number of ether oxygens (including phenoxy) is 1. The van der Waals surface area contributed by atoms with Crippen molar-refractivity contribution in [2.24, 2.45) is 0 Å². The molecule has 0 aromatic heterocycles. The van der Waals surface area contributed by atoms with Gasteiger partial charge in [0.25, 0.3) is 5.91 Å². The summed E-state index contributed by atoms with van der Waals surface area (Å²) >= 11 is 1.99. The normalized spacial score (nSPS) is 10.3. The van der Waals surface area contributed by atoms with Crippen molar-refractivity contribution in [2.45, 2.75) is 6.42 Å². The first-order valence-electron chi connectivity index (χ1n) is 5.60. The molecule has 1 rings (SSSR count). The molecule has 5 nitrogen and oxygen atoms in total. The molecule has 6 heteroatoms. The van der Waals surface area contributed by atoms with Crippen molar-refractivity contribution in [3.63, 3.8) is 0 Å². The predicted octanol–water partition coefficient (Wildman–Crippen LogP) is 1.13. The van der Waals surface area contributed by atoms with Gasteiger partial charge in [0.1, 0.15) is 5.75 Å². The maximum Gasteiger partial charge on any atom is 0.251 e. The third-order valence-corrected chi connectivity index (χ3v) is 3.11. The first-order valence-corrected chi connectivity index (χ1v) is 6.68. The minimum atomic E-state index is -0.219. The van der Waals surface area contributed by atoms with Crippen molar-refractivity contribution in [3.05, 3.63) is 27.3 Å². The van der Waals surface area contributed by atoms with Crippen molar-refractivity contribution in [1.82, 2.24) is 5.32 Å². The van der Waals surface area contributed by atoms with E-state index in [1.807, 2.05) is 22.6 Å². The van der Waals surface area contributed by atoms with Crippen LogP contribution in [0.4, 0.5) is 0 Å². The maximum atomic E-state index is 11.7. The zero-order valence-electron chi connectivity index (χ0n) is 9.86. The highest BCUT2D eigenvalue weighted by Gasteiger charge is 2.07. The van der Waals surface area contributed by atoms with Crippen LogP contribution < -0.4 is 5.32 Å². The molecule has 0 unspecified atom stereocenters. The van der Waals surface area contributed by atoms with Gasteiger partial charge in [-0.15, -0.1) is 0 Å². The number of carbonyl (C=O) groups excluding carboxylic acids is 1. The molecule has 3 N–H and O–H groups in total. The maximum absolute atomic E-state index is 11.7.